The first kappa shape index (κ1) is 22.6. The van der Waals surface area contributed by atoms with Crippen molar-refractivity contribution in [1.82, 2.24) is 0 Å². The van der Waals surface area contributed by atoms with Crippen LogP contribution < -0.4 is 15.5 Å². The van der Waals surface area contributed by atoms with Gasteiger partial charge >= 0.3 is 0 Å². The average Bonchev–Trinajstić information content (AvgIpc) is 3.00. The Bertz CT molecular complexity index is 1300. The van der Waals surface area contributed by atoms with Crippen LogP contribution in [0.4, 0.5) is 17.1 Å². The van der Waals surface area contributed by atoms with Gasteiger partial charge in [0, 0.05) is 22.0 Å². The second-order valence-corrected chi connectivity index (χ2v) is 8.40. The maximum Gasteiger partial charge on any atom is 0.283 e. The number of imide groups is 1. The highest BCUT2D eigenvalue weighted by Crippen LogP contribution is 2.31. The summed E-state index contributed by atoms with van der Waals surface area (Å²) in [5, 5.41) is 6.06. The standard InChI is InChI=1S/C25H19Cl2N3O3/c1-14-3-4-15(2)20(13-14)29-23(31)16-5-9-18(10-6-16)28-22-21(27)24(32)30(25(22)33)19-11-7-17(26)8-12-19/h3-13,28H,1-2H3,(H,29,31). The Morgan fingerprint density at radius 3 is 2.18 bits per heavy atom. The maximum atomic E-state index is 12.9. The average molecular weight is 480 g/mol. The van der Waals surface area contributed by atoms with Crippen LogP contribution in [0.15, 0.2) is 77.5 Å². The molecule has 0 bridgehead atoms. The summed E-state index contributed by atoms with van der Waals surface area (Å²) in [5.41, 5.74) is 4.03. The highest BCUT2D eigenvalue weighted by Gasteiger charge is 2.38. The van der Waals surface area contributed by atoms with Gasteiger partial charge in [0.25, 0.3) is 17.7 Å². The molecule has 0 atom stereocenters. The van der Waals surface area contributed by atoms with Gasteiger partial charge < -0.3 is 10.6 Å². The first-order valence-corrected chi connectivity index (χ1v) is 10.8. The molecule has 4 rings (SSSR count). The predicted octanol–water partition coefficient (Wildman–Crippen LogP) is 5.64. The van der Waals surface area contributed by atoms with Gasteiger partial charge in [-0.1, -0.05) is 35.3 Å². The molecule has 0 fully saturated rings. The van der Waals surface area contributed by atoms with Crippen molar-refractivity contribution in [1.29, 1.82) is 0 Å². The topological polar surface area (TPSA) is 78.5 Å². The highest BCUT2D eigenvalue weighted by molar-refractivity contribution is 6.53. The Kier molecular flexibility index (Phi) is 6.22. The molecule has 3 aromatic carbocycles. The normalized spacial score (nSPS) is 13.5. The van der Waals surface area contributed by atoms with Gasteiger partial charge in [-0.15, -0.1) is 0 Å². The van der Waals surface area contributed by atoms with Crippen LogP contribution in [-0.4, -0.2) is 17.7 Å². The number of benzene rings is 3. The van der Waals surface area contributed by atoms with Crippen LogP contribution in [0.25, 0.3) is 0 Å². The second-order valence-electron chi connectivity index (χ2n) is 7.59. The number of nitrogens with zero attached hydrogens (tertiary/aromatic N) is 1. The van der Waals surface area contributed by atoms with E-state index in [-0.39, 0.29) is 16.6 Å². The molecule has 0 radical (unpaired) electrons. The monoisotopic (exact) mass is 479 g/mol. The predicted molar refractivity (Wildman–Crippen MR) is 131 cm³/mol. The molecule has 0 saturated carbocycles. The van der Waals surface area contributed by atoms with Crippen LogP contribution in [0.1, 0.15) is 21.5 Å². The molecule has 166 valence electrons. The lowest BCUT2D eigenvalue weighted by Crippen LogP contribution is -2.32. The van der Waals surface area contributed by atoms with Gasteiger partial charge in [-0.3, -0.25) is 14.4 Å². The van der Waals surface area contributed by atoms with E-state index in [2.05, 4.69) is 10.6 Å². The summed E-state index contributed by atoms with van der Waals surface area (Å²) in [6.45, 7) is 3.88. The molecule has 1 aliphatic rings. The van der Waals surface area contributed by atoms with Crippen LogP contribution in [0.3, 0.4) is 0 Å². The molecule has 0 aliphatic carbocycles. The molecular formula is C25H19Cl2N3O3. The lowest BCUT2D eigenvalue weighted by Gasteiger charge is -2.15. The molecule has 33 heavy (non-hydrogen) atoms. The molecular weight excluding hydrogens is 461 g/mol. The molecule has 1 aliphatic heterocycles. The lowest BCUT2D eigenvalue weighted by atomic mass is 10.1. The third kappa shape index (κ3) is 4.62. The summed E-state index contributed by atoms with van der Waals surface area (Å²) in [5.74, 6) is -1.46. The Labute approximate surface area is 200 Å². The van der Waals surface area contributed by atoms with Gasteiger partial charge in [-0.25, -0.2) is 4.90 Å². The maximum absolute atomic E-state index is 12.9. The molecule has 3 amide bonds. The number of rotatable bonds is 5. The lowest BCUT2D eigenvalue weighted by molar-refractivity contribution is -0.120. The van der Waals surface area contributed by atoms with Crippen LogP contribution in [0.5, 0.6) is 0 Å². The van der Waals surface area contributed by atoms with Crippen molar-refractivity contribution < 1.29 is 14.4 Å². The number of anilines is 3. The zero-order chi connectivity index (χ0) is 23.7. The molecule has 0 unspecified atom stereocenters. The third-order valence-electron chi connectivity index (χ3n) is 5.17. The molecule has 0 spiro atoms. The van der Waals surface area contributed by atoms with Crippen molar-refractivity contribution in [2.75, 3.05) is 15.5 Å². The smallest absolute Gasteiger partial charge is 0.283 e. The summed E-state index contributed by atoms with van der Waals surface area (Å²) >= 11 is 12.0. The van der Waals surface area contributed by atoms with Crippen LogP contribution in [-0.2, 0) is 9.59 Å². The first-order chi connectivity index (χ1) is 15.7. The molecule has 3 aromatic rings. The highest BCUT2D eigenvalue weighted by atomic mass is 35.5. The zero-order valence-electron chi connectivity index (χ0n) is 17.8. The van der Waals surface area contributed by atoms with Gasteiger partial charge in [0.1, 0.15) is 10.7 Å². The second kappa shape index (κ2) is 9.10. The minimum Gasteiger partial charge on any atom is -0.350 e. The number of hydrogen-bond acceptors (Lipinski definition) is 4. The number of carbonyl (C=O) groups excluding carboxylic acids is 3. The van der Waals surface area contributed by atoms with E-state index in [1.165, 1.54) is 0 Å². The van der Waals surface area contributed by atoms with Gasteiger partial charge in [0.2, 0.25) is 0 Å². The SMILES string of the molecule is Cc1ccc(C)c(NC(=O)c2ccc(NC3=C(Cl)C(=O)N(c4ccc(Cl)cc4)C3=O)cc2)c1. The van der Waals surface area contributed by atoms with E-state index in [0.717, 1.165) is 21.7 Å². The van der Waals surface area contributed by atoms with E-state index in [1.807, 2.05) is 32.0 Å². The largest absolute Gasteiger partial charge is 0.350 e. The van der Waals surface area contributed by atoms with Gasteiger partial charge in [-0.2, -0.15) is 0 Å². The fraction of sp³-hybridized carbons (Fsp3) is 0.0800. The molecule has 0 saturated heterocycles. The van der Waals surface area contributed by atoms with E-state index in [4.69, 9.17) is 23.2 Å². The third-order valence-corrected chi connectivity index (χ3v) is 5.77. The van der Waals surface area contributed by atoms with Crippen molar-refractivity contribution >= 4 is 58.0 Å². The van der Waals surface area contributed by atoms with Crippen molar-refractivity contribution in [3.05, 3.63) is 99.2 Å². The minimum absolute atomic E-state index is 0.0378. The fourth-order valence-electron chi connectivity index (χ4n) is 3.35. The summed E-state index contributed by atoms with van der Waals surface area (Å²) in [4.78, 5) is 39.0. The van der Waals surface area contributed by atoms with E-state index in [9.17, 15) is 14.4 Å². The summed E-state index contributed by atoms with van der Waals surface area (Å²) < 4.78 is 0. The van der Waals surface area contributed by atoms with Gasteiger partial charge in [-0.05, 0) is 79.6 Å². The van der Waals surface area contributed by atoms with Crippen molar-refractivity contribution in [2.45, 2.75) is 13.8 Å². The molecule has 6 nitrogen and oxygen atoms in total. The van der Waals surface area contributed by atoms with E-state index in [1.54, 1.807) is 48.5 Å². The van der Waals surface area contributed by atoms with Crippen LogP contribution >= 0.6 is 23.2 Å². The number of hydrogen-bond donors (Lipinski definition) is 2. The fourth-order valence-corrected chi connectivity index (χ4v) is 3.69. The Hall–Kier alpha value is -3.61. The van der Waals surface area contributed by atoms with E-state index in [0.29, 0.717) is 22.0 Å². The van der Waals surface area contributed by atoms with Crippen molar-refractivity contribution in [2.24, 2.45) is 0 Å². The summed E-state index contributed by atoms with van der Waals surface area (Å²) in [6, 6.07) is 18.6. The van der Waals surface area contributed by atoms with E-state index >= 15 is 0 Å². The Morgan fingerprint density at radius 2 is 1.52 bits per heavy atom. The molecule has 2 N–H and O–H groups in total. The summed E-state index contributed by atoms with van der Waals surface area (Å²) in [7, 11) is 0. The quantitative estimate of drug-likeness (QED) is 0.463. The number of halogens is 2. The first-order valence-electron chi connectivity index (χ1n) is 10.0. The van der Waals surface area contributed by atoms with Gasteiger partial charge in [0.05, 0.1) is 5.69 Å². The van der Waals surface area contributed by atoms with Crippen LogP contribution in [0, 0.1) is 13.8 Å². The number of aryl methyl sites for hydroxylation is 2. The summed E-state index contributed by atoms with van der Waals surface area (Å²) in [6.07, 6.45) is 0. The van der Waals surface area contributed by atoms with E-state index < -0.39 is 11.8 Å². The zero-order valence-corrected chi connectivity index (χ0v) is 19.3. The molecule has 0 aromatic heterocycles. The minimum atomic E-state index is -0.629. The molecule has 1 heterocycles. The van der Waals surface area contributed by atoms with Crippen molar-refractivity contribution in [3.63, 3.8) is 0 Å². The van der Waals surface area contributed by atoms with Crippen LogP contribution in [0.2, 0.25) is 5.02 Å². The Balaban J connectivity index is 1.49. The Morgan fingerprint density at radius 1 is 0.848 bits per heavy atom. The number of nitrogens with one attached hydrogen (secondary N) is 2. The van der Waals surface area contributed by atoms with Crippen molar-refractivity contribution in [3.8, 4) is 0 Å². The number of carbonyl (C=O) groups is 3. The van der Waals surface area contributed by atoms with Gasteiger partial charge in [0.15, 0.2) is 0 Å². The number of amides is 3. The molecule has 8 heteroatoms.